The maximum atomic E-state index is 13.2. The van der Waals surface area contributed by atoms with E-state index in [-0.39, 0.29) is 29.1 Å². The number of hydrogen-bond acceptors (Lipinski definition) is 7. The minimum atomic E-state index is -0.342. The minimum Gasteiger partial charge on any atom is -0.497 e. The van der Waals surface area contributed by atoms with Gasteiger partial charge in [-0.15, -0.1) is 0 Å². The van der Waals surface area contributed by atoms with Gasteiger partial charge in [0, 0.05) is 31.5 Å². The Morgan fingerprint density at radius 1 is 1.28 bits per heavy atom. The molecule has 9 nitrogen and oxygen atoms in total. The Labute approximate surface area is 186 Å². The van der Waals surface area contributed by atoms with Crippen LogP contribution in [0.1, 0.15) is 52.8 Å². The molecule has 2 N–H and O–H groups in total. The Balaban J connectivity index is 1.48. The number of likely N-dealkylation sites (tertiary alicyclic amines) is 1. The first-order valence-corrected chi connectivity index (χ1v) is 10.8. The highest BCUT2D eigenvalue weighted by atomic mass is 16.5. The molecule has 1 saturated heterocycles. The van der Waals surface area contributed by atoms with E-state index >= 15 is 0 Å². The van der Waals surface area contributed by atoms with E-state index in [0.29, 0.717) is 30.8 Å². The number of anilines is 1. The van der Waals surface area contributed by atoms with Crippen LogP contribution in [0.4, 0.5) is 5.82 Å². The van der Waals surface area contributed by atoms with Crippen molar-refractivity contribution >= 4 is 17.5 Å². The molecule has 9 heteroatoms. The maximum absolute atomic E-state index is 13.2. The van der Waals surface area contributed by atoms with Crippen molar-refractivity contribution in [3.8, 4) is 11.4 Å². The van der Waals surface area contributed by atoms with Gasteiger partial charge in [0.2, 0.25) is 0 Å². The van der Waals surface area contributed by atoms with Gasteiger partial charge >= 0.3 is 0 Å². The van der Waals surface area contributed by atoms with Gasteiger partial charge in [-0.05, 0) is 43.5 Å². The lowest BCUT2D eigenvalue weighted by Crippen LogP contribution is -2.42. The summed E-state index contributed by atoms with van der Waals surface area (Å²) >= 11 is 0. The molecular weight excluding hydrogens is 410 g/mol. The highest BCUT2D eigenvalue weighted by Crippen LogP contribution is 2.26. The molecule has 0 radical (unpaired) electrons. The van der Waals surface area contributed by atoms with Gasteiger partial charge < -0.3 is 19.9 Å². The van der Waals surface area contributed by atoms with E-state index < -0.39 is 0 Å². The number of Topliss-reactive ketones (excluding diaryl/α,β-unsaturated/α-hetero) is 1. The van der Waals surface area contributed by atoms with Crippen LogP contribution in [0.2, 0.25) is 0 Å². The van der Waals surface area contributed by atoms with Crippen molar-refractivity contribution in [2.24, 2.45) is 5.92 Å². The van der Waals surface area contributed by atoms with E-state index in [1.54, 1.807) is 30.2 Å². The molecule has 1 aliphatic rings. The van der Waals surface area contributed by atoms with E-state index in [2.05, 4.69) is 10.3 Å². The molecule has 1 amide bonds. The first kappa shape index (κ1) is 21.6. The second-order valence-electron chi connectivity index (χ2n) is 7.94. The predicted octanol–water partition coefficient (Wildman–Crippen LogP) is 3.14. The minimum absolute atomic E-state index is 0.105. The summed E-state index contributed by atoms with van der Waals surface area (Å²) in [5.74, 6) is 1.04. The van der Waals surface area contributed by atoms with Crippen molar-refractivity contribution < 1.29 is 18.8 Å². The van der Waals surface area contributed by atoms with E-state index in [1.165, 1.54) is 10.9 Å². The molecule has 4 rings (SSSR count). The predicted molar refractivity (Wildman–Crippen MR) is 118 cm³/mol. The van der Waals surface area contributed by atoms with Gasteiger partial charge in [-0.1, -0.05) is 12.1 Å². The fraction of sp³-hybridized carbons (Fsp3) is 0.391. The smallest absolute Gasteiger partial charge is 0.276 e. The standard InChI is InChI=1S/C23H27N5O4/c1-3-5-18-12-20(26-32-18)23(30)27-11-4-6-15(14-27)21(29)19-13-25-28(22(19)24)16-7-9-17(31-2)10-8-16/h7-10,12-13,15H,3-6,11,14,24H2,1-2H3. The van der Waals surface area contributed by atoms with Gasteiger partial charge in [0.05, 0.1) is 24.6 Å². The van der Waals surface area contributed by atoms with E-state index in [1.807, 2.05) is 19.1 Å². The number of amides is 1. The molecule has 0 bridgehead atoms. The lowest BCUT2D eigenvalue weighted by Gasteiger charge is -2.31. The van der Waals surface area contributed by atoms with Crippen LogP contribution in [0.3, 0.4) is 0 Å². The molecule has 32 heavy (non-hydrogen) atoms. The van der Waals surface area contributed by atoms with Gasteiger partial charge in [0.25, 0.3) is 5.91 Å². The number of nitrogens with two attached hydrogens (primary N) is 1. The number of piperidine rings is 1. The van der Waals surface area contributed by atoms with Gasteiger partial charge in [-0.25, -0.2) is 4.68 Å². The zero-order valence-electron chi connectivity index (χ0n) is 18.3. The highest BCUT2D eigenvalue weighted by Gasteiger charge is 2.32. The number of aryl methyl sites for hydroxylation is 1. The normalized spacial score (nSPS) is 16.2. The quantitative estimate of drug-likeness (QED) is 0.564. The molecule has 1 fully saturated rings. The zero-order valence-corrected chi connectivity index (χ0v) is 18.3. The molecule has 3 aromatic rings. The molecule has 0 spiro atoms. The van der Waals surface area contributed by atoms with Crippen LogP contribution < -0.4 is 10.5 Å². The molecular formula is C23H27N5O4. The second-order valence-corrected chi connectivity index (χ2v) is 7.94. The number of ketones is 1. The first-order chi connectivity index (χ1) is 15.5. The van der Waals surface area contributed by atoms with Crippen molar-refractivity contribution in [3.05, 3.63) is 53.5 Å². The molecule has 1 aromatic carbocycles. The Hall–Kier alpha value is -3.62. The first-order valence-electron chi connectivity index (χ1n) is 10.8. The van der Waals surface area contributed by atoms with Crippen LogP contribution >= 0.6 is 0 Å². The fourth-order valence-corrected chi connectivity index (χ4v) is 4.01. The third-order valence-corrected chi connectivity index (χ3v) is 5.74. The molecule has 2 aromatic heterocycles. The summed E-state index contributed by atoms with van der Waals surface area (Å²) in [6.07, 6.45) is 4.56. The molecule has 0 aliphatic carbocycles. The van der Waals surface area contributed by atoms with Crippen molar-refractivity contribution in [1.82, 2.24) is 19.8 Å². The maximum Gasteiger partial charge on any atom is 0.276 e. The Morgan fingerprint density at radius 3 is 2.78 bits per heavy atom. The average Bonchev–Trinajstić information content (AvgIpc) is 3.45. The molecule has 3 heterocycles. The van der Waals surface area contributed by atoms with Crippen LogP contribution in [0.5, 0.6) is 5.75 Å². The highest BCUT2D eigenvalue weighted by molar-refractivity contribution is 6.02. The number of hydrogen-bond donors (Lipinski definition) is 1. The molecule has 1 aliphatic heterocycles. The molecule has 1 unspecified atom stereocenters. The summed E-state index contributed by atoms with van der Waals surface area (Å²) in [4.78, 5) is 27.8. The van der Waals surface area contributed by atoms with Crippen LogP contribution in [0.25, 0.3) is 5.69 Å². The topological polar surface area (TPSA) is 116 Å². The summed E-state index contributed by atoms with van der Waals surface area (Å²) in [5, 5.41) is 8.21. The average molecular weight is 438 g/mol. The largest absolute Gasteiger partial charge is 0.497 e. The third-order valence-electron chi connectivity index (χ3n) is 5.74. The molecule has 168 valence electrons. The monoisotopic (exact) mass is 437 g/mol. The number of carbonyl (C=O) groups excluding carboxylic acids is 2. The van der Waals surface area contributed by atoms with Gasteiger partial charge in [0.15, 0.2) is 11.5 Å². The second kappa shape index (κ2) is 9.25. The summed E-state index contributed by atoms with van der Waals surface area (Å²) in [6, 6.07) is 8.94. The molecule has 0 saturated carbocycles. The number of aromatic nitrogens is 3. The van der Waals surface area contributed by atoms with Gasteiger partial charge in [-0.3, -0.25) is 9.59 Å². The van der Waals surface area contributed by atoms with E-state index in [0.717, 1.165) is 30.7 Å². The lowest BCUT2D eigenvalue weighted by molar-refractivity contribution is 0.0629. The number of nitrogens with zero attached hydrogens (tertiary/aromatic N) is 4. The Kier molecular flexibility index (Phi) is 6.25. The Morgan fingerprint density at radius 2 is 2.06 bits per heavy atom. The number of nitrogen functional groups attached to an aromatic ring is 1. The van der Waals surface area contributed by atoms with Crippen molar-refractivity contribution in [2.75, 3.05) is 25.9 Å². The van der Waals surface area contributed by atoms with Gasteiger partial charge in [0.1, 0.15) is 17.3 Å². The van der Waals surface area contributed by atoms with Crippen LogP contribution in [-0.4, -0.2) is 51.7 Å². The SMILES string of the molecule is CCCc1cc(C(=O)N2CCCC(C(=O)c3cnn(-c4ccc(OC)cc4)c3N)C2)no1. The van der Waals surface area contributed by atoms with Crippen molar-refractivity contribution in [1.29, 1.82) is 0 Å². The number of rotatable bonds is 7. The van der Waals surface area contributed by atoms with Gasteiger partial charge in [-0.2, -0.15) is 5.10 Å². The number of ether oxygens (including phenoxy) is 1. The van der Waals surface area contributed by atoms with Crippen LogP contribution in [-0.2, 0) is 6.42 Å². The third kappa shape index (κ3) is 4.23. The van der Waals surface area contributed by atoms with E-state index in [4.69, 9.17) is 15.0 Å². The summed E-state index contributed by atoms with van der Waals surface area (Å²) in [7, 11) is 1.60. The lowest BCUT2D eigenvalue weighted by atomic mass is 9.90. The summed E-state index contributed by atoms with van der Waals surface area (Å²) in [5.41, 5.74) is 7.66. The Bertz CT molecular complexity index is 1100. The number of benzene rings is 1. The summed E-state index contributed by atoms with van der Waals surface area (Å²) < 4.78 is 11.9. The van der Waals surface area contributed by atoms with Crippen LogP contribution in [0.15, 0.2) is 41.1 Å². The van der Waals surface area contributed by atoms with Crippen molar-refractivity contribution in [3.63, 3.8) is 0 Å². The zero-order chi connectivity index (χ0) is 22.7. The number of methoxy groups -OCH3 is 1. The van der Waals surface area contributed by atoms with Crippen LogP contribution in [0, 0.1) is 5.92 Å². The van der Waals surface area contributed by atoms with Crippen molar-refractivity contribution in [2.45, 2.75) is 32.6 Å². The number of carbonyl (C=O) groups is 2. The molecule has 1 atom stereocenters. The summed E-state index contributed by atoms with van der Waals surface area (Å²) in [6.45, 7) is 2.94. The van der Waals surface area contributed by atoms with E-state index in [9.17, 15) is 9.59 Å². The fourth-order valence-electron chi connectivity index (χ4n) is 4.01.